The van der Waals surface area contributed by atoms with Gasteiger partial charge in [0.25, 0.3) is 0 Å². The third-order valence-electron chi connectivity index (χ3n) is 2.38. The van der Waals surface area contributed by atoms with Gasteiger partial charge in [0.15, 0.2) is 0 Å². The van der Waals surface area contributed by atoms with E-state index in [9.17, 15) is 18.0 Å². The Bertz CT molecular complexity index is 613. The molecule has 0 fully saturated rings. The Balaban J connectivity index is 2.64. The molecule has 0 aliphatic heterocycles. The van der Waals surface area contributed by atoms with Crippen molar-refractivity contribution >= 4 is 11.6 Å². The van der Waals surface area contributed by atoms with Crippen LogP contribution in [0.4, 0.5) is 13.2 Å². The topological polar surface area (TPSA) is 32.9 Å². The first kappa shape index (κ1) is 12.7. The molecule has 0 bridgehead atoms. The Labute approximate surface area is 105 Å². The lowest BCUT2D eigenvalue weighted by Gasteiger charge is -2.13. The molecule has 0 atom stereocenters. The fourth-order valence-electron chi connectivity index (χ4n) is 1.58. The van der Waals surface area contributed by atoms with Crippen LogP contribution in [0.1, 0.15) is 5.56 Å². The highest BCUT2D eigenvalue weighted by atomic mass is 35.5. The zero-order chi connectivity index (χ0) is 13.3. The summed E-state index contributed by atoms with van der Waals surface area (Å²) in [4.78, 5) is 13.2. The molecular weight excluding hydrogens is 267 g/mol. The fraction of sp³-hybridized carbons (Fsp3) is 0.0833. The average Bonchev–Trinajstić information content (AvgIpc) is 2.29. The Hall–Kier alpha value is -1.75. The Morgan fingerprint density at radius 3 is 2.39 bits per heavy atom. The van der Waals surface area contributed by atoms with E-state index in [0.717, 1.165) is 6.07 Å². The maximum absolute atomic E-state index is 12.9. The van der Waals surface area contributed by atoms with Gasteiger partial charge in [0.05, 0.1) is 5.56 Å². The summed E-state index contributed by atoms with van der Waals surface area (Å²) in [5.74, 6) is 0. The van der Waals surface area contributed by atoms with Gasteiger partial charge in [-0.15, -0.1) is 0 Å². The maximum atomic E-state index is 12.9. The monoisotopic (exact) mass is 273 g/mol. The lowest BCUT2D eigenvalue weighted by atomic mass is 10.0. The predicted octanol–water partition coefficient (Wildman–Crippen LogP) is 3.71. The highest BCUT2D eigenvalue weighted by molar-refractivity contribution is 6.30. The number of alkyl halides is 3. The summed E-state index contributed by atoms with van der Waals surface area (Å²) in [5, 5.41) is 0.00972. The van der Waals surface area contributed by atoms with Gasteiger partial charge >= 0.3 is 6.18 Å². The first-order valence-corrected chi connectivity index (χ1v) is 5.31. The fourth-order valence-corrected chi connectivity index (χ4v) is 1.75. The molecule has 18 heavy (non-hydrogen) atoms. The van der Waals surface area contributed by atoms with Gasteiger partial charge in [-0.05, 0) is 29.3 Å². The van der Waals surface area contributed by atoms with Gasteiger partial charge in [0.2, 0.25) is 5.56 Å². The van der Waals surface area contributed by atoms with E-state index in [1.807, 2.05) is 0 Å². The number of aromatic nitrogens is 1. The van der Waals surface area contributed by atoms with Gasteiger partial charge in [-0.25, -0.2) is 0 Å². The standard InChI is InChI=1S/C12H7ClF3NO/c13-8-2-3-9(10(5-8)12(14,15)16)7-1-4-11(18)17-6-7/h1-6H,(H,17,18). The second kappa shape index (κ2) is 4.49. The zero-order valence-electron chi connectivity index (χ0n) is 8.88. The van der Waals surface area contributed by atoms with Crippen LogP contribution in [0, 0.1) is 0 Å². The summed E-state index contributed by atoms with van der Waals surface area (Å²) >= 11 is 5.58. The summed E-state index contributed by atoms with van der Waals surface area (Å²) < 4.78 is 38.6. The van der Waals surface area contributed by atoms with Crippen LogP contribution in [-0.4, -0.2) is 4.98 Å². The third kappa shape index (κ3) is 2.56. The Morgan fingerprint density at radius 2 is 1.83 bits per heavy atom. The van der Waals surface area contributed by atoms with E-state index in [4.69, 9.17) is 11.6 Å². The molecule has 0 spiro atoms. The van der Waals surface area contributed by atoms with Crippen LogP contribution in [0.15, 0.2) is 41.3 Å². The first-order chi connectivity index (χ1) is 8.38. The summed E-state index contributed by atoms with van der Waals surface area (Å²) in [5.41, 5.74) is -0.954. The molecule has 1 N–H and O–H groups in total. The average molecular weight is 274 g/mol. The van der Waals surface area contributed by atoms with E-state index in [2.05, 4.69) is 4.98 Å². The van der Waals surface area contributed by atoms with Gasteiger partial charge < -0.3 is 4.98 Å². The van der Waals surface area contributed by atoms with Crippen LogP contribution in [0.3, 0.4) is 0 Å². The minimum absolute atomic E-state index is 0.00972. The van der Waals surface area contributed by atoms with Gasteiger partial charge in [-0.3, -0.25) is 4.79 Å². The van der Waals surface area contributed by atoms with E-state index in [0.29, 0.717) is 0 Å². The molecule has 0 aliphatic rings. The number of rotatable bonds is 1. The van der Waals surface area contributed by atoms with Crippen LogP contribution >= 0.6 is 11.6 Å². The summed E-state index contributed by atoms with van der Waals surface area (Å²) in [7, 11) is 0. The smallest absolute Gasteiger partial charge is 0.328 e. The van der Waals surface area contributed by atoms with Crippen LogP contribution in [0.5, 0.6) is 0 Å². The van der Waals surface area contributed by atoms with E-state index >= 15 is 0 Å². The quantitative estimate of drug-likeness (QED) is 0.844. The molecule has 2 rings (SSSR count). The molecule has 6 heteroatoms. The van der Waals surface area contributed by atoms with Crippen LogP contribution in [0.2, 0.25) is 5.02 Å². The third-order valence-corrected chi connectivity index (χ3v) is 2.62. The van der Waals surface area contributed by atoms with Crippen molar-refractivity contribution in [2.75, 3.05) is 0 Å². The minimum atomic E-state index is -4.50. The number of halogens is 4. The number of hydrogen-bond donors (Lipinski definition) is 1. The van der Waals surface area contributed by atoms with Crippen molar-refractivity contribution in [1.29, 1.82) is 0 Å². The lowest BCUT2D eigenvalue weighted by Crippen LogP contribution is -2.08. The highest BCUT2D eigenvalue weighted by Gasteiger charge is 2.33. The van der Waals surface area contributed by atoms with Gasteiger partial charge in [-0.1, -0.05) is 17.7 Å². The summed E-state index contributed by atoms with van der Waals surface area (Å²) in [6, 6.07) is 6.01. The molecule has 2 nitrogen and oxygen atoms in total. The maximum Gasteiger partial charge on any atom is 0.417 e. The number of H-pyrrole nitrogens is 1. The minimum Gasteiger partial charge on any atom is -0.328 e. The molecule has 0 amide bonds. The van der Waals surface area contributed by atoms with E-state index in [1.54, 1.807) is 0 Å². The summed E-state index contributed by atoms with van der Waals surface area (Å²) in [6.07, 6.45) is -3.27. The lowest BCUT2D eigenvalue weighted by molar-refractivity contribution is -0.137. The van der Waals surface area contributed by atoms with Crippen LogP contribution in [0.25, 0.3) is 11.1 Å². The van der Waals surface area contributed by atoms with Gasteiger partial charge in [0, 0.05) is 17.3 Å². The number of benzene rings is 1. The number of pyridine rings is 1. The largest absolute Gasteiger partial charge is 0.417 e. The molecular formula is C12H7ClF3NO. The van der Waals surface area contributed by atoms with Crippen molar-refractivity contribution < 1.29 is 13.2 Å². The number of nitrogens with one attached hydrogen (secondary N) is 1. The van der Waals surface area contributed by atoms with Crippen molar-refractivity contribution in [1.82, 2.24) is 4.98 Å². The molecule has 1 aromatic carbocycles. The second-order valence-corrected chi connectivity index (χ2v) is 4.07. The zero-order valence-corrected chi connectivity index (χ0v) is 9.64. The van der Waals surface area contributed by atoms with Gasteiger partial charge in [-0.2, -0.15) is 13.2 Å². The SMILES string of the molecule is O=c1ccc(-c2ccc(Cl)cc2C(F)(F)F)c[nH]1. The normalized spacial score (nSPS) is 11.6. The Morgan fingerprint density at radius 1 is 1.11 bits per heavy atom. The predicted molar refractivity (Wildman–Crippen MR) is 62.5 cm³/mol. The van der Waals surface area contributed by atoms with Crippen molar-refractivity contribution in [3.63, 3.8) is 0 Å². The van der Waals surface area contributed by atoms with Crippen LogP contribution < -0.4 is 5.56 Å². The van der Waals surface area contributed by atoms with Crippen molar-refractivity contribution in [3.8, 4) is 11.1 Å². The molecule has 0 saturated carbocycles. The van der Waals surface area contributed by atoms with Gasteiger partial charge in [0.1, 0.15) is 0 Å². The van der Waals surface area contributed by atoms with E-state index < -0.39 is 11.7 Å². The molecule has 0 unspecified atom stereocenters. The van der Waals surface area contributed by atoms with Crippen molar-refractivity contribution in [2.45, 2.75) is 6.18 Å². The van der Waals surface area contributed by atoms with Crippen LogP contribution in [-0.2, 0) is 6.18 Å². The highest BCUT2D eigenvalue weighted by Crippen LogP contribution is 2.38. The first-order valence-electron chi connectivity index (χ1n) is 4.94. The molecule has 94 valence electrons. The Kier molecular flexibility index (Phi) is 3.17. The molecule has 0 radical (unpaired) electrons. The number of aromatic amines is 1. The second-order valence-electron chi connectivity index (χ2n) is 3.63. The molecule has 0 aliphatic carbocycles. The van der Waals surface area contributed by atoms with Crippen molar-refractivity contribution in [3.05, 3.63) is 57.5 Å². The number of hydrogen-bond acceptors (Lipinski definition) is 1. The molecule has 1 aromatic heterocycles. The summed E-state index contributed by atoms with van der Waals surface area (Å²) in [6.45, 7) is 0. The van der Waals surface area contributed by atoms with E-state index in [-0.39, 0.29) is 21.7 Å². The van der Waals surface area contributed by atoms with Crippen molar-refractivity contribution in [2.24, 2.45) is 0 Å². The molecule has 0 saturated heterocycles. The molecule has 2 aromatic rings. The molecule has 1 heterocycles. The van der Waals surface area contributed by atoms with E-state index in [1.165, 1.54) is 30.5 Å².